The zero-order valence-corrected chi connectivity index (χ0v) is 13.6. The van der Waals surface area contributed by atoms with Gasteiger partial charge in [-0.25, -0.2) is 4.79 Å². The molecule has 0 spiro atoms. The van der Waals surface area contributed by atoms with Gasteiger partial charge in [0, 0.05) is 5.57 Å². The van der Waals surface area contributed by atoms with E-state index in [1.807, 2.05) is 0 Å². The molecular weight excluding hydrogens is 295 g/mol. The van der Waals surface area contributed by atoms with Gasteiger partial charge in [-0.1, -0.05) is 45.1 Å². The summed E-state index contributed by atoms with van der Waals surface area (Å²) in [4.78, 5) is 31.4. The smallest absolute Gasteiger partial charge is 0.333 e. The van der Waals surface area contributed by atoms with Crippen LogP contribution >= 0.6 is 7.82 Å². The van der Waals surface area contributed by atoms with Crippen LogP contribution in [0.15, 0.2) is 12.2 Å². The molecule has 0 unspecified atom stereocenters. The fourth-order valence-corrected chi connectivity index (χ4v) is 2.08. The molecule has 0 amide bonds. The van der Waals surface area contributed by atoms with Gasteiger partial charge in [0.2, 0.25) is 0 Å². The lowest BCUT2D eigenvalue weighted by Crippen LogP contribution is -2.16. The monoisotopic (exact) mass is 320 g/mol. The maximum atomic E-state index is 11.1. The van der Waals surface area contributed by atoms with Crippen molar-refractivity contribution in [2.45, 2.75) is 58.3 Å². The van der Waals surface area contributed by atoms with E-state index in [-0.39, 0.29) is 12.6 Å². The maximum Gasteiger partial charge on any atom is 0.333 e. The highest BCUT2D eigenvalue weighted by molar-refractivity contribution is 7.43. The molecule has 0 bridgehead atoms. The molecule has 124 valence electrons. The second-order valence-electron chi connectivity index (χ2n) is 5.03. The Hall–Kier alpha value is -0.680. The third-order valence-corrected chi connectivity index (χ3v) is 3.37. The van der Waals surface area contributed by atoms with E-state index in [2.05, 4.69) is 11.1 Å². The molecule has 0 rings (SSSR count). The van der Waals surface area contributed by atoms with Crippen LogP contribution in [-0.2, 0) is 18.6 Å². The van der Waals surface area contributed by atoms with Crippen LogP contribution in [0.2, 0.25) is 0 Å². The van der Waals surface area contributed by atoms with E-state index in [1.54, 1.807) is 6.92 Å². The lowest BCUT2D eigenvalue weighted by atomic mass is 10.1. The molecule has 0 aromatic carbocycles. The van der Waals surface area contributed by atoms with Crippen LogP contribution in [0.5, 0.6) is 0 Å². The summed E-state index contributed by atoms with van der Waals surface area (Å²) >= 11 is 0. The van der Waals surface area contributed by atoms with Crippen molar-refractivity contribution in [1.29, 1.82) is 0 Å². The van der Waals surface area contributed by atoms with E-state index < -0.39 is 7.82 Å². The topological polar surface area (TPSA) is 98.7 Å². The predicted octanol–water partition coefficient (Wildman–Crippen LogP) is 2.07. The summed E-state index contributed by atoms with van der Waals surface area (Å²) in [6.07, 6.45) is 7.56. The highest BCUT2D eigenvalue weighted by Crippen LogP contribution is 2.24. The number of carbonyl (C=O) groups excluding carboxylic acids is 1. The summed E-state index contributed by atoms with van der Waals surface area (Å²) in [5, 5.41) is 0. The van der Waals surface area contributed by atoms with E-state index in [0.717, 1.165) is 44.9 Å². The number of phosphoric ester groups is 1. The minimum Gasteiger partial charge on any atom is -0.790 e. The standard InChI is InChI=1S/C14H27O6P/c1-13(2)14(15)19-11-9-7-5-3-4-6-8-10-12-20-21(16,17)18/h1,3-12H2,2H3,(H2,16,17,18)/p-2. The molecule has 0 aromatic heterocycles. The molecule has 0 radical (unpaired) electrons. The van der Waals surface area contributed by atoms with Gasteiger partial charge in [0.05, 0.1) is 21.0 Å². The Bertz CT molecular complexity index is 349. The Kier molecular flexibility index (Phi) is 11.5. The lowest BCUT2D eigenvalue weighted by molar-refractivity contribution is -0.341. The van der Waals surface area contributed by atoms with Crippen LogP contribution in [0.3, 0.4) is 0 Å². The van der Waals surface area contributed by atoms with Crippen LogP contribution in [-0.4, -0.2) is 19.2 Å². The number of carbonyl (C=O) groups is 1. The van der Waals surface area contributed by atoms with Crippen molar-refractivity contribution in [2.24, 2.45) is 0 Å². The number of phosphoric acid groups is 1. The zero-order valence-electron chi connectivity index (χ0n) is 12.7. The molecule has 21 heavy (non-hydrogen) atoms. The average molecular weight is 320 g/mol. The molecule has 0 N–H and O–H groups in total. The third kappa shape index (κ3) is 15.5. The molecule has 0 aliphatic rings. The largest absolute Gasteiger partial charge is 0.790 e. The minimum atomic E-state index is -4.80. The van der Waals surface area contributed by atoms with Crippen molar-refractivity contribution < 1.29 is 28.4 Å². The van der Waals surface area contributed by atoms with Crippen LogP contribution in [0.4, 0.5) is 0 Å². The SMILES string of the molecule is C=C(C)C(=O)OCCCCCCCCCCOP(=O)([O-])[O-]. The molecule has 0 heterocycles. The Labute approximate surface area is 126 Å². The van der Waals surface area contributed by atoms with Gasteiger partial charge >= 0.3 is 5.97 Å². The van der Waals surface area contributed by atoms with Crippen molar-refractivity contribution >= 4 is 13.8 Å². The molecule has 0 saturated carbocycles. The number of hydrogen-bond donors (Lipinski definition) is 0. The molecule has 0 aromatic rings. The number of esters is 1. The number of unbranched alkanes of at least 4 members (excludes halogenated alkanes) is 7. The maximum absolute atomic E-state index is 11.1. The van der Waals surface area contributed by atoms with Crippen LogP contribution < -0.4 is 9.79 Å². The Morgan fingerprint density at radius 3 is 1.81 bits per heavy atom. The first kappa shape index (κ1) is 20.3. The molecular formula is C14H25O6P-2. The van der Waals surface area contributed by atoms with Gasteiger partial charge in [-0.2, -0.15) is 0 Å². The summed E-state index contributed by atoms with van der Waals surface area (Å²) in [6, 6.07) is 0. The van der Waals surface area contributed by atoms with Crippen LogP contribution in [0.1, 0.15) is 58.3 Å². The van der Waals surface area contributed by atoms with Crippen molar-refractivity contribution in [1.82, 2.24) is 0 Å². The molecule has 7 heteroatoms. The Morgan fingerprint density at radius 1 is 0.952 bits per heavy atom. The van der Waals surface area contributed by atoms with E-state index >= 15 is 0 Å². The minimum absolute atomic E-state index is 0.0155. The van der Waals surface area contributed by atoms with Gasteiger partial charge in [0.15, 0.2) is 0 Å². The number of ether oxygens (including phenoxy) is 1. The number of hydrogen-bond acceptors (Lipinski definition) is 6. The fraction of sp³-hybridized carbons (Fsp3) is 0.786. The van der Waals surface area contributed by atoms with Gasteiger partial charge in [-0.15, -0.1) is 0 Å². The van der Waals surface area contributed by atoms with Crippen molar-refractivity contribution in [3.63, 3.8) is 0 Å². The highest BCUT2D eigenvalue weighted by Gasteiger charge is 2.01. The predicted molar refractivity (Wildman–Crippen MR) is 76.3 cm³/mol. The van der Waals surface area contributed by atoms with E-state index in [0.29, 0.717) is 18.6 Å². The summed E-state index contributed by atoms with van der Waals surface area (Å²) < 4.78 is 19.3. The van der Waals surface area contributed by atoms with Crippen molar-refractivity contribution in [3.05, 3.63) is 12.2 Å². The average Bonchev–Trinajstić information content (AvgIpc) is 2.38. The molecule has 0 aliphatic heterocycles. The van der Waals surface area contributed by atoms with Crippen molar-refractivity contribution in [3.8, 4) is 0 Å². The molecule has 6 nitrogen and oxygen atoms in total. The van der Waals surface area contributed by atoms with E-state index in [4.69, 9.17) is 4.74 Å². The summed E-state index contributed by atoms with van der Waals surface area (Å²) in [6.45, 7) is 5.55. The Balaban J connectivity index is 3.18. The quantitative estimate of drug-likeness (QED) is 0.223. The molecule has 0 aliphatic carbocycles. The first-order valence-corrected chi connectivity index (χ1v) is 8.78. The van der Waals surface area contributed by atoms with Gasteiger partial charge in [-0.3, -0.25) is 0 Å². The molecule has 0 fully saturated rings. The molecule has 0 saturated heterocycles. The van der Waals surface area contributed by atoms with E-state index in [1.165, 1.54) is 0 Å². The summed E-state index contributed by atoms with van der Waals surface area (Å²) in [5.74, 6) is -0.335. The van der Waals surface area contributed by atoms with Gasteiger partial charge in [0.1, 0.15) is 0 Å². The fourth-order valence-electron chi connectivity index (χ4n) is 1.73. The second kappa shape index (κ2) is 11.9. The third-order valence-electron chi connectivity index (χ3n) is 2.87. The number of rotatable bonds is 13. The first-order chi connectivity index (χ1) is 9.83. The Morgan fingerprint density at radius 2 is 1.38 bits per heavy atom. The molecule has 0 atom stereocenters. The van der Waals surface area contributed by atoms with Gasteiger partial charge in [0.25, 0.3) is 0 Å². The summed E-state index contributed by atoms with van der Waals surface area (Å²) in [5.41, 5.74) is 0.421. The first-order valence-electron chi connectivity index (χ1n) is 7.32. The zero-order chi connectivity index (χ0) is 16.1. The van der Waals surface area contributed by atoms with E-state index in [9.17, 15) is 19.1 Å². The van der Waals surface area contributed by atoms with Crippen LogP contribution in [0, 0.1) is 0 Å². The van der Waals surface area contributed by atoms with Crippen LogP contribution in [0.25, 0.3) is 0 Å². The summed E-state index contributed by atoms with van der Waals surface area (Å²) in [7, 11) is -4.80. The second-order valence-corrected chi connectivity index (χ2v) is 6.18. The van der Waals surface area contributed by atoms with Gasteiger partial charge in [-0.05, 0) is 19.8 Å². The lowest BCUT2D eigenvalue weighted by Gasteiger charge is -2.28. The normalized spacial score (nSPS) is 11.4. The van der Waals surface area contributed by atoms with Crippen molar-refractivity contribution in [2.75, 3.05) is 13.2 Å². The van der Waals surface area contributed by atoms with Gasteiger partial charge < -0.3 is 23.6 Å². The highest BCUT2D eigenvalue weighted by atomic mass is 31.2.